The average Bonchev–Trinajstić information content (AvgIpc) is 2.39. The van der Waals surface area contributed by atoms with E-state index in [2.05, 4.69) is 9.97 Å². The summed E-state index contributed by atoms with van der Waals surface area (Å²) in [5, 5.41) is 8.85. The molecule has 0 saturated heterocycles. The molecule has 0 amide bonds. The van der Waals surface area contributed by atoms with Crippen molar-refractivity contribution >= 4 is 5.97 Å². The van der Waals surface area contributed by atoms with Crippen LogP contribution in [0.5, 0.6) is 5.75 Å². The monoisotopic (exact) mass is 244 g/mol. The lowest BCUT2D eigenvalue weighted by Gasteiger charge is -2.07. The lowest BCUT2D eigenvalue weighted by atomic mass is 10.1. The number of rotatable bonds is 4. The van der Waals surface area contributed by atoms with E-state index in [1.165, 1.54) is 6.20 Å². The van der Waals surface area contributed by atoms with Gasteiger partial charge in [-0.25, -0.2) is 0 Å². The van der Waals surface area contributed by atoms with Gasteiger partial charge in [-0.15, -0.1) is 0 Å². The van der Waals surface area contributed by atoms with Gasteiger partial charge in [-0.2, -0.15) is 0 Å². The van der Waals surface area contributed by atoms with Crippen LogP contribution in [0, 0.1) is 0 Å². The molecule has 0 radical (unpaired) electrons. The molecule has 0 aliphatic heterocycles. The van der Waals surface area contributed by atoms with Gasteiger partial charge in [0.05, 0.1) is 24.9 Å². The smallest absolute Gasteiger partial charge is 0.309 e. The summed E-state index contributed by atoms with van der Waals surface area (Å²) in [4.78, 5) is 19.0. The maximum absolute atomic E-state index is 10.8. The Morgan fingerprint density at radius 3 is 2.83 bits per heavy atom. The van der Waals surface area contributed by atoms with Crippen molar-refractivity contribution in [1.82, 2.24) is 9.97 Å². The van der Waals surface area contributed by atoms with Gasteiger partial charge in [0.25, 0.3) is 0 Å². The molecule has 0 fully saturated rings. The van der Waals surface area contributed by atoms with Crippen LogP contribution in [0.2, 0.25) is 0 Å². The molecule has 92 valence electrons. The quantitative estimate of drug-likeness (QED) is 0.887. The molecule has 2 rings (SSSR count). The second-order valence-corrected chi connectivity index (χ2v) is 3.65. The Morgan fingerprint density at radius 1 is 1.33 bits per heavy atom. The fourth-order valence-electron chi connectivity index (χ4n) is 1.65. The Hall–Kier alpha value is -2.43. The summed E-state index contributed by atoms with van der Waals surface area (Å²) in [6.07, 6.45) is 2.88. The number of methoxy groups -OCH3 is 1. The standard InChI is InChI=1S/C13H12N2O3/c1-18-10-4-2-3-9(7-10)13-11(8-12(16)17)14-5-6-15-13/h2-7H,8H2,1H3,(H,16,17). The molecule has 0 saturated carbocycles. The van der Waals surface area contributed by atoms with Gasteiger partial charge in [-0.05, 0) is 12.1 Å². The van der Waals surface area contributed by atoms with Crippen molar-refractivity contribution < 1.29 is 14.6 Å². The number of hydrogen-bond acceptors (Lipinski definition) is 4. The first-order chi connectivity index (χ1) is 8.70. The van der Waals surface area contributed by atoms with Crippen LogP contribution in [-0.2, 0) is 11.2 Å². The molecule has 18 heavy (non-hydrogen) atoms. The number of benzene rings is 1. The normalized spacial score (nSPS) is 10.1. The predicted molar refractivity (Wildman–Crippen MR) is 65.4 cm³/mol. The minimum Gasteiger partial charge on any atom is -0.497 e. The number of hydrogen-bond donors (Lipinski definition) is 1. The van der Waals surface area contributed by atoms with Gasteiger partial charge < -0.3 is 9.84 Å². The van der Waals surface area contributed by atoms with Crippen LogP contribution < -0.4 is 4.74 Å². The van der Waals surface area contributed by atoms with Crippen molar-refractivity contribution in [2.45, 2.75) is 6.42 Å². The van der Waals surface area contributed by atoms with Crippen molar-refractivity contribution in [3.8, 4) is 17.0 Å². The molecule has 0 spiro atoms. The fraction of sp³-hybridized carbons (Fsp3) is 0.154. The Labute approximate surface area is 104 Å². The van der Waals surface area contributed by atoms with Crippen LogP contribution in [0.4, 0.5) is 0 Å². The molecule has 1 N–H and O–H groups in total. The van der Waals surface area contributed by atoms with Crippen LogP contribution in [-0.4, -0.2) is 28.2 Å². The van der Waals surface area contributed by atoms with E-state index in [0.717, 1.165) is 5.56 Å². The van der Waals surface area contributed by atoms with Crippen molar-refractivity contribution in [3.63, 3.8) is 0 Å². The maximum Gasteiger partial charge on any atom is 0.309 e. The first kappa shape index (κ1) is 12.0. The zero-order valence-electron chi connectivity index (χ0n) is 9.83. The number of aromatic nitrogens is 2. The van der Waals surface area contributed by atoms with Gasteiger partial charge in [0.1, 0.15) is 5.75 Å². The second kappa shape index (κ2) is 5.27. The van der Waals surface area contributed by atoms with E-state index in [9.17, 15) is 4.79 Å². The molecule has 1 heterocycles. The summed E-state index contributed by atoms with van der Waals surface area (Å²) in [6, 6.07) is 7.29. The zero-order valence-corrected chi connectivity index (χ0v) is 9.83. The van der Waals surface area contributed by atoms with E-state index in [0.29, 0.717) is 17.1 Å². The molecular formula is C13H12N2O3. The minimum absolute atomic E-state index is 0.152. The highest BCUT2D eigenvalue weighted by atomic mass is 16.5. The molecule has 1 aromatic carbocycles. The van der Waals surface area contributed by atoms with E-state index in [1.54, 1.807) is 19.4 Å². The maximum atomic E-state index is 10.8. The van der Waals surface area contributed by atoms with E-state index in [1.807, 2.05) is 18.2 Å². The van der Waals surface area contributed by atoms with Gasteiger partial charge in [-0.3, -0.25) is 14.8 Å². The zero-order chi connectivity index (χ0) is 13.0. The lowest BCUT2D eigenvalue weighted by Crippen LogP contribution is -2.05. The van der Waals surface area contributed by atoms with Crippen molar-refractivity contribution in [2.75, 3.05) is 7.11 Å². The molecule has 1 aromatic heterocycles. The van der Waals surface area contributed by atoms with Crippen LogP contribution in [0.15, 0.2) is 36.7 Å². The first-order valence-corrected chi connectivity index (χ1v) is 5.37. The Balaban J connectivity index is 2.45. The van der Waals surface area contributed by atoms with Crippen LogP contribution in [0.25, 0.3) is 11.3 Å². The summed E-state index contributed by atoms with van der Waals surface area (Å²) in [5.41, 5.74) is 1.80. The summed E-state index contributed by atoms with van der Waals surface area (Å²) >= 11 is 0. The van der Waals surface area contributed by atoms with Gasteiger partial charge in [0.15, 0.2) is 0 Å². The summed E-state index contributed by atoms with van der Waals surface area (Å²) in [7, 11) is 1.58. The molecule has 0 bridgehead atoms. The lowest BCUT2D eigenvalue weighted by molar-refractivity contribution is -0.136. The SMILES string of the molecule is COc1cccc(-c2nccnc2CC(=O)O)c1. The van der Waals surface area contributed by atoms with Crippen molar-refractivity contribution in [1.29, 1.82) is 0 Å². The molecule has 0 aliphatic carbocycles. The number of carbonyl (C=O) groups is 1. The van der Waals surface area contributed by atoms with Gasteiger partial charge in [0, 0.05) is 18.0 Å². The fourth-order valence-corrected chi connectivity index (χ4v) is 1.65. The van der Waals surface area contributed by atoms with E-state index in [-0.39, 0.29) is 6.42 Å². The topological polar surface area (TPSA) is 72.3 Å². The largest absolute Gasteiger partial charge is 0.497 e. The molecule has 5 heteroatoms. The van der Waals surface area contributed by atoms with E-state index in [4.69, 9.17) is 9.84 Å². The van der Waals surface area contributed by atoms with Gasteiger partial charge in [-0.1, -0.05) is 12.1 Å². The Bertz CT molecular complexity index is 570. The third kappa shape index (κ3) is 2.63. The summed E-state index contributed by atoms with van der Waals surface area (Å²) < 4.78 is 5.13. The molecule has 5 nitrogen and oxygen atoms in total. The summed E-state index contributed by atoms with van der Waals surface area (Å²) in [5.74, 6) is -0.237. The first-order valence-electron chi connectivity index (χ1n) is 5.37. The van der Waals surface area contributed by atoms with Crippen LogP contribution in [0.3, 0.4) is 0 Å². The number of nitrogens with zero attached hydrogens (tertiary/aromatic N) is 2. The third-order valence-electron chi connectivity index (χ3n) is 2.44. The highest BCUT2D eigenvalue weighted by Crippen LogP contribution is 2.24. The highest BCUT2D eigenvalue weighted by molar-refractivity contribution is 5.74. The molecule has 0 aliphatic rings. The molecule has 0 atom stereocenters. The van der Waals surface area contributed by atoms with Crippen molar-refractivity contribution in [3.05, 3.63) is 42.4 Å². The number of aliphatic carboxylic acids is 1. The van der Waals surface area contributed by atoms with Gasteiger partial charge in [0.2, 0.25) is 0 Å². The van der Waals surface area contributed by atoms with E-state index >= 15 is 0 Å². The van der Waals surface area contributed by atoms with Crippen molar-refractivity contribution in [2.24, 2.45) is 0 Å². The number of carboxylic acids is 1. The molecular weight excluding hydrogens is 232 g/mol. The van der Waals surface area contributed by atoms with Crippen LogP contribution in [0.1, 0.15) is 5.69 Å². The molecule has 0 unspecified atom stereocenters. The van der Waals surface area contributed by atoms with Crippen LogP contribution >= 0.6 is 0 Å². The average molecular weight is 244 g/mol. The highest BCUT2D eigenvalue weighted by Gasteiger charge is 2.11. The van der Waals surface area contributed by atoms with Gasteiger partial charge >= 0.3 is 5.97 Å². The Kier molecular flexibility index (Phi) is 3.52. The third-order valence-corrected chi connectivity index (χ3v) is 2.44. The second-order valence-electron chi connectivity index (χ2n) is 3.65. The van der Waals surface area contributed by atoms with E-state index < -0.39 is 5.97 Å². The minimum atomic E-state index is -0.931. The summed E-state index contributed by atoms with van der Waals surface area (Å²) in [6.45, 7) is 0. The Morgan fingerprint density at radius 2 is 2.11 bits per heavy atom. The number of carboxylic acid groups (broad SMARTS) is 1. The number of ether oxygens (including phenoxy) is 1. The predicted octanol–water partition coefficient (Wildman–Crippen LogP) is 1.78. The molecule has 2 aromatic rings.